The second kappa shape index (κ2) is 12.5. The number of carbonyl (C=O) groups is 1. The number of nitrogens with one attached hydrogen (secondary N) is 1. The predicted molar refractivity (Wildman–Crippen MR) is 147 cm³/mol. The number of esters is 1. The average Bonchev–Trinajstić information content (AvgIpc) is 3.26. The summed E-state index contributed by atoms with van der Waals surface area (Å²) in [4.78, 5) is 34.4. The van der Waals surface area contributed by atoms with Gasteiger partial charge in [0, 0.05) is 13.0 Å². The number of ether oxygens (including phenoxy) is 2. The Morgan fingerprint density at radius 1 is 1.21 bits per heavy atom. The number of anilines is 1. The first-order valence-corrected chi connectivity index (χ1v) is 13.5. The van der Waals surface area contributed by atoms with Crippen molar-refractivity contribution in [2.75, 3.05) is 5.32 Å². The van der Waals surface area contributed by atoms with Gasteiger partial charge in [-0.3, -0.25) is 9.48 Å². The van der Waals surface area contributed by atoms with Gasteiger partial charge in [0.25, 0.3) is 0 Å². The van der Waals surface area contributed by atoms with Gasteiger partial charge in [-0.15, -0.1) is 0 Å². The maximum Gasteiger partial charge on any atom is 0.309 e. The maximum atomic E-state index is 12.3. The van der Waals surface area contributed by atoms with Gasteiger partial charge in [-0.05, 0) is 63.6 Å². The zero-order valence-corrected chi connectivity index (χ0v) is 24.0. The Morgan fingerprint density at radius 3 is 2.72 bits per heavy atom. The third-order valence-corrected chi connectivity index (χ3v) is 6.56. The number of halogens is 1. The Kier molecular flexibility index (Phi) is 9.11. The highest BCUT2D eigenvalue weighted by molar-refractivity contribution is 6.28. The first-order valence-electron chi connectivity index (χ1n) is 13.2. The Labute approximate surface area is 233 Å². The predicted octanol–water partition coefficient (Wildman–Crippen LogP) is 5.16. The highest BCUT2D eigenvalue weighted by Crippen LogP contribution is 2.31. The van der Waals surface area contributed by atoms with Crippen molar-refractivity contribution in [1.82, 2.24) is 34.7 Å². The van der Waals surface area contributed by atoms with E-state index in [9.17, 15) is 4.79 Å². The minimum Gasteiger partial charge on any atom is -0.463 e. The van der Waals surface area contributed by atoms with Gasteiger partial charge in [-0.1, -0.05) is 13.8 Å². The molecule has 39 heavy (non-hydrogen) atoms. The highest BCUT2D eigenvalue weighted by atomic mass is 35.5. The van der Waals surface area contributed by atoms with E-state index >= 15 is 0 Å². The Hall–Kier alpha value is -3.60. The summed E-state index contributed by atoms with van der Waals surface area (Å²) in [5.41, 5.74) is 3.41. The average molecular weight is 555 g/mol. The number of aryl methyl sites for hydroxylation is 2. The molecule has 1 atom stereocenters. The van der Waals surface area contributed by atoms with Crippen molar-refractivity contribution in [3.63, 3.8) is 0 Å². The minimum atomic E-state index is -0.139. The normalized spacial score (nSPS) is 16.6. The molecule has 1 aliphatic rings. The molecule has 3 heterocycles. The lowest BCUT2D eigenvalue weighted by molar-refractivity contribution is -0.153. The third-order valence-electron chi connectivity index (χ3n) is 6.39. The first-order chi connectivity index (χ1) is 18.6. The van der Waals surface area contributed by atoms with E-state index in [4.69, 9.17) is 21.1 Å². The van der Waals surface area contributed by atoms with Crippen molar-refractivity contribution < 1.29 is 14.3 Å². The lowest BCUT2D eigenvalue weighted by Crippen LogP contribution is -2.24. The SMILES string of the molecule is Cc1nc(-c2cnn(C)c2CNc2nc(Cl)nc(C(C)C)n2)ncc1O/C=C1\CCC[C@H](C(=O)OC(C)C)C1. The third kappa shape index (κ3) is 7.29. The topological polar surface area (TPSA) is 130 Å². The minimum absolute atomic E-state index is 0.113. The van der Waals surface area contributed by atoms with E-state index in [1.165, 1.54) is 0 Å². The molecule has 1 aliphatic carbocycles. The second-order valence-electron chi connectivity index (χ2n) is 10.2. The van der Waals surface area contributed by atoms with Crippen LogP contribution in [0.2, 0.25) is 5.28 Å². The van der Waals surface area contributed by atoms with Crippen LogP contribution in [0.25, 0.3) is 11.4 Å². The summed E-state index contributed by atoms with van der Waals surface area (Å²) in [6.45, 7) is 9.98. The van der Waals surface area contributed by atoms with Crippen molar-refractivity contribution in [3.8, 4) is 17.1 Å². The molecule has 12 heteroatoms. The summed E-state index contributed by atoms with van der Waals surface area (Å²) in [6.07, 6.45) is 8.29. The van der Waals surface area contributed by atoms with E-state index in [-0.39, 0.29) is 29.2 Å². The summed E-state index contributed by atoms with van der Waals surface area (Å²) in [6, 6.07) is 0. The summed E-state index contributed by atoms with van der Waals surface area (Å²) < 4.78 is 13.1. The molecular weight excluding hydrogens is 520 g/mol. The van der Waals surface area contributed by atoms with Crippen molar-refractivity contribution >= 4 is 23.5 Å². The largest absolute Gasteiger partial charge is 0.463 e. The van der Waals surface area contributed by atoms with Gasteiger partial charge in [0.1, 0.15) is 5.82 Å². The van der Waals surface area contributed by atoms with Crippen LogP contribution in [0.4, 0.5) is 5.95 Å². The van der Waals surface area contributed by atoms with E-state index < -0.39 is 0 Å². The molecule has 208 valence electrons. The smallest absolute Gasteiger partial charge is 0.309 e. The van der Waals surface area contributed by atoms with Crippen LogP contribution in [0.1, 0.15) is 76.5 Å². The molecular formula is C27H35ClN8O3. The monoisotopic (exact) mass is 554 g/mol. The van der Waals surface area contributed by atoms with Crippen molar-refractivity contribution in [2.45, 2.75) is 78.9 Å². The van der Waals surface area contributed by atoms with Gasteiger partial charge in [0.05, 0.1) is 54.2 Å². The molecule has 0 amide bonds. The molecule has 0 spiro atoms. The Bertz CT molecular complexity index is 1350. The molecule has 1 fully saturated rings. The summed E-state index contributed by atoms with van der Waals surface area (Å²) in [5.74, 6) is 1.95. The number of hydrogen-bond acceptors (Lipinski definition) is 10. The van der Waals surface area contributed by atoms with Crippen LogP contribution in [0.5, 0.6) is 5.75 Å². The molecule has 0 aromatic carbocycles. The van der Waals surface area contributed by atoms with Crippen molar-refractivity contribution in [2.24, 2.45) is 13.0 Å². The van der Waals surface area contributed by atoms with Crippen LogP contribution in [0.15, 0.2) is 24.2 Å². The van der Waals surface area contributed by atoms with Gasteiger partial charge in [0.2, 0.25) is 11.2 Å². The van der Waals surface area contributed by atoms with Gasteiger partial charge < -0.3 is 14.8 Å². The number of aromatic nitrogens is 7. The highest BCUT2D eigenvalue weighted by Gasteiger charge is 2.26. The molecule has 11 nitrogen and oxygen atoms in total. The number of rotatable bonds is 9. The molecule has 3 aromatic rings. The van der Waals surface area contributed by atoms with Gasteiger partial charge in [-0.2, -0.15) is 15.1 Å². The summed E-state index contributed by atoms with van der Waals surface area (Å²) in [7, 11) is 1.85. The van der Waals surface area contributed by atoms with Crippen molar-refractivity contribution in [1.29, 1.82) is 0 Å². The lowest BCUT2D eigenvalue weighted by atomic mass is 9.86. The van der Waals surface area contributed by atoms with Crippen LogP contribution in [-0.2, 0) is 23.1 Å². The maximum absolute atomic E-state index is 12.3. The van der Waals surface area contributed by atoms with Crippen LogP contribution < -0.4 is 10.1 Å². The quantitative estimate of drug-likeness (QED) is 0.279. The fourth-order valence-electron chi connectivity index (χ4n) is 4.31. The molecule has 0 bridgehead atoms. The Morgan fingerprint density at radius 2 is 2.00 bits per heavy atom. The molecule has 0 aliphatic heterocycles. The second-order valence-corrected chi connectivity index (χ2v) is 10.6. The standard InChI is InChI=1S/C27H35ClN8O3/c1-15(2)23-33-26(28)35-27(34-23)30-12-21-20(11-31-36(21)6)24-29-13-22(17(5)32-24)38-14-18-8-7-9-19(10-18)25(37)39-16(3)4/h11,13-16,19H,7-10,12H2,1-6H3,(H,30,33,34,35)/b18-14+/t19-/m0/s1. The van der Waals surface area contributed by atoms with E-state index in [1.807, 2.05) is 41.7 Å². The molecule has 1 N–H and O–H groups in total. The van der Waals surface area contributed by atoms with Gasteiger partial charge in [-0.25, -0.2) is 15.0 Å². The van der Waals surface area contributed by atoms with E-state index in [0.29, 0.717) is 42.0 Å². The molecule has 4 rings (SSSR count). The molecule has 1 saturated carbocycles. The van der Waals surface area contributed by atoms with Crippen LogP contribution in [0, 0.1) is 12.8 Å². The van der Waals surface area contributed by atoms with E-state index in [2.05, 4.69) is 35.3 Å². The summed E-state index contributed by atoms with van der Waals surface area (Å²) in [5, 5.41) is 7.75. The first kappa shape index (κ1) is 28.4. The summed E-state index contributed by atoms with van der Waals surface area (Å²) >= 11 is 6.08. The van der Waals surface area contributed by atoms with Crippen molar-refractivity contribution in [3.05, 3.63) is 46.7 Å². The number of nitrogens with zero attached hydrogens (tertiary/aromatic N) is 7. The van der Waals surface area contributed by atoms with Crippen LogP contribution in [-0.4, -0.2) is 46.8 Å². The van der Waals surface area contributed by atoms with E-state index in [0.717, 1.165) is 36.1 Å². The molecule has 3 aromatic heterocycles. The zero-order chi connectivity index (χ0) is 28.1. The molecule has 0 saturated heterocycles. The molecule has 0 unspecified atom stereocenters. The molecule has 0 radical (unpaired) electrons. The zero-order valence-electron chi connectivity index (χ0n) is 23.2. The van der Waals surface area contributed by atoms with Gasteiger partial charge in [0.15, 0.2) is 11.6 Å². The Balaban J connectivity index is 1.45. The fourth-order valence-corrected chi connectivity index (χ4v) is 4.47. The van der Waals surface area contributed by atoms with Crippen LogP contribution in [0.3, 0.4) is 0 Å². The van der Waals surface area contributed by atoms with E-state index in [1.54, 1.807) is 23.3 Å². The number of carbonyl (C=O) groups excluding carboxylic acids is 1. The number of hydrogen-bond donors (Lipinski definition) is 1. The van der Waals surface area contributed by atoms with Crippen LogP contribution >= 0.6 is 11.6 Å². The number of allylic oxidation sites excluding steroid dienone is 1. The lowest BCUT2D eigenvalue weighted by Gasteiger charge is -2.23. The fraction of sp³-hybridized carbons (Fsp3) is 0.519. The van der Waals surface area contributed by atoms with Gasteiger partial charge >= 0.3 is 5.97 Å².